The maximum atomic E-state index is 12.1. The van der Waals surface area contributed by atoms with Crippen molar-refractivity contribution in [1.82, 2.24) is 0 Å². The quantitative estimate of drug-likeness (QED) is 0.399. The summed E-state index contributed by atoms with van der Waals surface area (Å²) in [5.41, 5.74) is 0. The van der Waals surface area contributed by atoms with Crippen molar-refractivity contribution in [3.8, 4) is 5.75 Å². The van der Waals surface area contributed by atoms with Crippen LogP contribution in [0.2, 0.25) is 0 Å². The van der Waals surface area contributed by atoms with Crippen LogP contribution in [0.5, 0.6) is 5.75 Å². The summed E-state index contributed by atoms with van der Waals surface area (Å²) in [6, 6.07) is 5.60. The largest absolute Gasteiger partial charge is 0.631 e. The third-order valence-electron chi connectivity index (χ3n) is 0.852. The third kappa shape index (κ3) is 5.66. The summed E-state index contributed by atoms with van der Waals surface area (Å²) in [6.07, 6.45) is 0. The number of para-hydroxylation sites is 1. The lowest BCUT2D eigenvalue weighted by Crippen LogP contribution is -2.07. The van der Waals surface area contributed by atoms with Crippen molar-refractivity contribution in [2.75, 3.05) is 0 Å². The van der Waals surface area contributed by atoms with Gasteiger partial charge in [-0.05, 0) is 12.1 Å². The molecule has 0 fully saturated rings. The van der Waals surface area contributed by atoms with Crippen LogP contribution in [-0.2, 0) is 0 Å². The van der Waals surface area contributed by atoms with Crippen molar-refractivity contribution in [3.63, 3.8) is 0 Å². The minimum Gasteiger partial charge on any atom is -0.505 e. The van der Waals surface area contributed by atoms with E-state index in [9.17, 15) is 4.39 Å². The zero-order valence-corrected chi connectivity index (χ0v) is 6.05. The van der Waals surface area contributed by atoms with Crippen molar-refractivity contribution < 1.29 is 24.6 Å². The average Bonchev–Trinajstić information content (AvgIpc) is 1.94. The number of aromatic hydroxyl groups is 1. The van der Waals surface area contributed by atoms with Gasteiger partial charge in [-0.15, -0.1) is 0 Å². The molecule has 0 atom stereocenters. The molecule has 0 radical (unpaired) electrons. The molecule has 4 N–H and O–H groups in total. The zero-order valence-electron chi connectivity index (χ0n) is 6.05. The predicted molar refractivity (Wildman–Crippen MR) is 40.5 cm³/mol. The molecular weight excluding hydrogens is 166 g/mol. The van der Waals surface area contributed by atoms with Crippen LogP contribution in [0.15, 0.2) is 24.3 Å². The Bertz CT molecular complexity index is 207. The molecule has 1 aromatic rings. The molecule has 0 bridgehead atoms. The summed E-state index contributed by atoms with van der Waals surface area (Å²) in [5, 5.41) is 30.0. The van der Waals surface area contributed by atoms with Crippen LogP contribution >= 0.6 is 0 Å². The van der Waals surface area contributed by atoms with E-state index in [0.717, 1.165) is 0 Å². The fourth-order valence-corrected chi connectivity index (χ4v) is 0.452. The molecule has 12 heavy (non-hydrogen) atoms. The van der Waals surface area contributed by atoms with E-state index < -0.39 is 13.1 Å². The Hall–Kier alpha value is -1.11. The average molecular weight is 174 g/mol. The molecule has 6 heteroatoms. The van der Waals surface area contributed by atoms with E-state index in [4.69, 9.17) is 20.2 Å². The van der Waals surface area contributed by atoms with Crippen LogP contribution in [0.3, 0.4) is 0 Å². The van der Waals surface area contributed by atoms with Crippen LogP contribution < -0.4 is 0 Å². The Morgan fingerprint density at radius 2 is 1.50 bits per heavy atom. The Morgan fingerprint density at radius 3 is 1.75 bits per heavy atom. The van der Waals surface area contributed by atoms with Crippen molar-refractivity contribution in [3.05, 3.63) is 30.1 Å². The highest BCUT2D eigenvalue weighted by atomic mass is 19.1. The number of phenols is 1. The van der Waals surface area contributed by atoms with Gasteiger partial charge in [-0.1, -0.05) is 12.1 Å². The van der Waals surface area contributed by atoms with Crippen molar-refractivity contribution in [2.24, 2.45) is 0 Å². The number of rotatable bonds is 0. The van der Waals surface area contributed by atoms with Gasteiger partial charge < -0.3 is 20.2 Å². The Labute approximate surface area is 68.7 Å². The molecule has 1 aromatic carbocycles. The van der Waals surface area contributed by atoms with Crippen LogP contribution in [0, 0.1) is 5.82 Å². The van der Waals surface area contributed by atoms with Crippen LogP contribution in [-0.4, -0.2) is 27.5 Å². The molecule has 0 saturated carbocycles. The SMILES string of the molecule is OB(O)O.Oc1ccccc1F. The minimum absolute atomic E-state index is 0.299. The van der Waals surface area contributed by atoms with E-state index in [-0.39, 0.29) is 5.75 Å². The number of hydrogen-bond donors (Lipinski definition) is 4. The molecule has 0 unspecified atom stereocenters. The number of benzene rings is 1. The topological polar surface area (TPSA) is 80.9 Å². The fraction of sp³-hybridized carbons (Fsp3) is 0. The maximum absolute atomic E-state index is 12.1. The van der Waals surface area contributed by atoms with E-state index in [0.29, 0.717) is 0 Å². The standard InChI is InChI=1S/C6H5FO.BH3O3/c7-5-3-1-2-4-6(5)8;2-1(3)4/h1-4,8H;2-4H. The molecule has 0 spiro atoms. The smallest absolute Gasteiger partial charge is 0.505 e. The van der Waals surface area contributed by atoms with Crippen molar-refractivity contribution in [1.29, 1.82) is 0 Å². The first-order chi connectivity index (χ1) is 5.54. The lowest BCUT2D eigenvalue weighted by atomic mass is 10.3. The monoisotopic (exact) mass is 174 g/mol. The van der Waals surface area contributed by atoms with Gasteiger partial charge in [-0.25, -0.2) is 4.39 Å². The summed E-state index contributed by atoms with van der Waals surface area (Å²) >= 11 is 0. The predicted octanol–water partition coefficient (Wildman–Crippen LogP) is -0.520. The molecule has 0 aromatic heterocycles. The first kappa shape index (κ1) is 10.9. The highest BCUT2D eigenvalue weighted by Gasteiger charge is 1.92. The van der Waals surface area contributed by atoms with E-state index in [1.54, 1.807) is 6.07 Å². The summed E-state index contributed by atoms with van der Waals surface area (Å²) in [7, 11) is -2.17. The molecular formula is C6H8BFO4. The summed E-state index contributed by atoms with van der Waals surface area (Å²) < 4.78 is 12.1. The molecule has 66 valence electrons. The fourth-order valence-electron chi connectivity index (χ4n) is 0.452. The molecule has 0 amide bonds. The minimum atomic E-state index is -2.17. The van der Waals surface area contributed by atoms with Crippen molar-refractivity contribution >= 4 is 7.32 Å². The number of phenolic OH excluding ortho intramolecular Hbond substituents is 1. The third-order valence-corrected chi connectivity index (χ3v) is 0.852. The summed E-state index contributed by atoms with van der Waals surface area (Å²) in [6.45, 7) is 0. The van der Waals surface area contributed by atoms with E-state index >= 15 is 0 Å². The highest BCUT2D eigenvalue weighted by Crippen LogP contribution is 2.11. The normalized spacial score (nSPS) is 8.33. The van der Waals surface area contributed by atoms with Gasteiger partial charge in [0.15, 0.2) is 11.6 Å². The second-order valence-corrected chi connectivity index (χ2v) is 1.80. The highest BCUT2D eigenvalue weighted by molar-refractivity contribution is 6.30. The van der Waals surface area contributed by atoms with Gasteiger partial charge in [0.2, 0.25) is 0 Å². The molecule has 0 aliphatic heterocycles. The Kier molecular flexibility index (Phi) is 5.02. The van der Waals surface area contributed by atoms with Crippen molar-refractivity contribution in [2.45, 2.75) is 0 Å². The molecule has 0 saturated heterocycles. The van der Waals surface area contributed by atoms with Gasteiger partial charge >= 0.3 is 7.32 Å². The molecule has 4 nitrogen and oxygen atoms in total. The number of halogens is 1. The molecule has 1 rings (SSSR count). The second kappa shape index (κ2) is 5.53. The van der Waals surface area contributed by atoms with E-state index in [1.165, 1.54) is 18.2 Å². The molecule has 0 aliphatic rings. The summed E-state index contributed by atoms with van der Waals surface area (Å²) in [5.74, 6) is -0.875. The maximum Gasteiger partial charge on any atom is 0.631 e. The van der Waals surface area contributed by atoms with Crippen LogP contribution in [0.1, 0.15) is 0 Å². The lowest BCUT2D eigenvalue weighted by Gasteiger charge is -1.88. The first-order valence-electron chi connectivity index (χ1n) is 3.01. The molecule has 0 aliphatic carbocycles. The van der Waals surface area contributed by atoms with Crippen LogP contribution in [0.4, 0.5) is 4.39 Å². The second-order valence-electron chi connectivity index (χ2n) is 1.80. The van der Waals surface area contributed by atoms with Crippen LogP contribution in [0.25, 0.3) is 0 Å². The van der Waals surface area contributed by atoms with E-state index in [2.05, 4.69) is 0 Å². The van der Waals surface area contributed by atoms with Gasteiger partial charge in [-0.2, -0.15) is 0 Å². The van der Waals surface area contributed by atoms with Gasteiger partial charge in [0.05, 0.1) is 0 Å². The Balaban J connectivity index is 0.000000261. The Morgan fingerprint density at radius 1 is 1.08 bits per heavy atom. The van der Waals surface area contributed by atoms with Gasteiger partial charge in [0, 0.05) is 0 Å². The van der Waals surface area contributed by atoms with Gasteiger partial charge in [-0.3, -0.25) is 0 Å². The first-order valence-corrected chi connectivity index (χ1v) is 3.01. The van der Waals surface area contributed by atoms with E-state index in [1.807, 2.05) is 0 Å². The van der Waals surface area contributed by atoms with Gasteiger partial charge in [0.1, 0.15) is 0 Å². The molecule has 0 heterocycles. The lowest BCUT2D eigenvalue weighted by molar-refractivity contribution is 0.278. The summed E-state index contributed by atoms with van der Waals surface area (Å²) in [4.78, 5) is 0. The number of hydrogen-bond acceptors (Lipinski definition) is 4. The zero-order chi connectivity index (χ0) is 9.56. The van der Waals surface area contributed by atoms with Gasteiger partial charge in [0.25, 0.3) is 0 Å².